The van der Waals surface area contributed by atoms with Crippen molar-refractivity contribution < 1.29 is 9.53 Å². The van der Waals surface area contributed by atoms with Gasteiger partial charge >= 0.3 is 0 Å². The van der Waals surface area contributed by atoms with Crippen molar-refractivity contribution in [3.63, 3.8) is 0 Å². The molecule has 0 fully saturated rings. The zero-order valence-corrected chi connectivity index (χ0v) is 15.8. The van der Waals surface area contributed by atoms with Crippen molar-refractivity contribution in [3.05, 3.63) is 83.6 Å². The standard InChI is InChI=1S/C22H23N3O2/c1-16-13-19(25(2)3)9-10-20(16)24-22(26)18-11-12-23-21(14-18)27-15-17-7-5-4-6-8-17/h4-14H,15H2,1-3H3,(H,24,26). The van der Waals surface area contributed by atoms with Crippen LogP contribution in [0, 0.1) is 6.92 Å². The van der Waals surface area contributed by atoms with Crippen LogP contribution in [-0.2, 0) is 6.61 Å². The molecule has 1 heterocycles. The second-order valence-corrected chi connectivity index (χ2v) is 6.50. The third-order valence-electron chi connectivity index (χ3n) is 4.20. The minimum atomic E-state index is -0.192. The predicted octanol–water partition coefficient (Wildman–Crippen LogP) is 4.29. The van der Waals surface area contributed by atoms with Crippen molar-refractivity contribution in [2.75, 3.05) is 24.3 Å². The molecule has 0 bridgehead atoms. The van der Waals surface area contributed by atoms with E-state index in [-0.39, 0.29) is 5.91 Å². The summed E-state index contributed by atoms with van der Waals surface area (Å²) in [5.41, 5.74) is 4.43. The van der Waals surface area contributed by atoms with Crippen LogP contribution in [0.15, 0.2) is 66.9 Å². The smallest absolute Gasteiger partial charge is 0.255 e. The number of aromatic nitrogens is 1. The zero-order chi connectivity index (χ0) is 19.2. The van der Waals surface area contributed by atoms with Crippen LogP contribution in [-0.4, -0.2) is 25.0 Å². The summed E-state index contributed by atoms with van der Waals surface area (Å²) in [6.07, 6.45) is 1.58. The maximum absolute atomic E-state index is 12.6. The van der Waals surface area contributed by atoms with Crippen molar-refractivity contribution in [1.82, 2.24) is 4.98 Å². The number of amides is 1. The molecule has 0 saturated heterocycles. The van der Waals surface area contributed by atoms with Crippen molar-refractivity contribution in [3.8, 4) is 5.88 Å². The molecule has 0 aliphatic heterocycles. The molecule has 1 aromatic heterocycles. The van der Waals surface area contributed by atoms with E-state index in [0.29, 0.717) is 18.1 Å². The fourth-order valence-corrected chi connectivity index (χ4v) is 2.62. The quantitative estimate of drug-likeness (QED) is 0.712. The topological polar surface area (TPSA) is 54.5 Å². The second-order valence-electron chi connectivity index (χ2n) is 6.50. The van der Waals surface area contributed by atoms with Gasteiger partial charge in [0.2, 0.25) is 5.88 Å². The number of nitrogens with zero attached hydrogens (tertiary/aromatic N) is 2. The van der Waals surface area contributed by atoms with Gasteiger partial charge in [-0.25, -0.2) is 4.98 Å². The van der Waals surface area contributed by atoms with E-state index >= 15 is 0 Å². The summed E-state index contributed by atoms with van der Waals surface area (Å²) < 4.78 is 5.70. The maximum atomic E-state index is 12.6. The normalized spacial score (nSPS) is 10.3. The molecule has 5 heteroatoms. The van der Waals surface area contributed by atoms with Gasteiger partial charge in [-0.05, 0) is 42.3 Å². The Morgan fingerprint density at radius 2 is 1.85 bits per heavy atom. The van der Waals surface area contributed by atoms with Gasteiger partial charge in [-0.3, -0.25) is 4.79 Å². The molecule has 3 rings (SSSR count). The lowest BCUT2D eigenvalue weighted by Crippen LogP contribution is -2.14. The van der Waals surface area contributed by atoms with Gasteiger partial charge in [0.25, 0.3) is 5.91 Å². The molecule has 2 aromatic carbocycles. The lowest BCUT2D eigenvalue weighted by atomic mass is 10.1. The van der Waals surface area contributed by atoms with E-state index < -0.39 is 0 Å². The van der Waals surface area contributed by atoms with Gasteiger partial charge in [-0.15, -0.1) is 0 Å². The highest BCUT2D eigenvalue weighted by molar-refractivity contribution is 6.04. The zero-order valence-electron chi connectivity index (χ0n) is 15.8. The van der Waals surface area contributed by atoms with Crippen LogP contribution in [0.25, 0.3) is 0 Å². The molecule has 1 amide bonds. The van der Waals surface area contributed by atoms with Gasteiger partial charge in [0.15, 0.2) is 0 Å². The number of anilines is 2. The number of hydrogen-bond donors (Lipinski definition) is 1. The van der Waals surface area contributed by atoms with Crippen LogP contribution in [0.1, 0.15) is 21.5 Å². The van der Waals surface area contributed by atoms with E-state index in [1.165, 1.54) is 0 Å². The van der Waals surface area contributed by atoms with Crippen LogP contribution in [0.4, 0.5) is 11.4 Å². The SMILES string of the molecule is Cc1cc(N(C)C)ccc1NC(=O)c1ccnc(OCc2ccccc2)c1. The summed E-state index contributed by atoms with van der Waals surface area (Å²) in [7, 11) is 3.97. The molecule has 0 aliphatic carbocycles. The molecule has 3 aromatic rings. The third kappa shape index (κ3) is 4.85. The Balaban J connectivity index is 1.68. The highest BCUT2D eigenvalue weighted by atomic mass is 16.5. The number of carbonyl (C=O) groups is 1. The number of aryl methyl sites for hydroxylation is 1. The average molecular weight is 361 g/mol. The molecule has 5 nitrogen and oxygen atoms in total. The first-order valence-corrected chi connectivity index (χ1v) is 8.75. The Labute approximate surface area is 159 Å². The van der Waals surface area contributed by atoms with Crippen LogP contribution < -0.4 is 15.0 Å². The Bertz CT molecular complexity index is 924. The third-order valence-corrected chi connectivity index (χ3v) is 4.20. The van der Waals surface area contributed by atoms with Crippen LogP contribution >= 0.6 is 0 Å². The molecule has 0 atom stereocenters. The molecule has 0 spiro atoms. The largest absolute Gasteiger partial charge is 0.473 e. The Hall–Kier alpha value is -3.34. The lowest BCUT2D eigenvalue weighted by molar-refractivity contribution is 0.102. The molecule has 0 saturated carbocycles. The summed E-state index contributed by atoms with van der Waals surface area (Å²) >= 11 is 0. The fourth-order valence-electron chi connectivity index (χ4n) is 2.62. The first kappa shape index (κ1) is 18.5. The number of pyridine rings is 1. The van der Waals surface area contributed by atoms with Gasteiger partial charge < -0.3 is 15.0 Å². The van der Waals surface area contributed by atoms with E-state index in [2.05, 4.69) is 10.3 Å². The van der Waals surface area contributed by atoms with Crippen molar-refractivity contribution in [2.24, 2.45) is 0 Å². The summed E-state index contributed by atoms with van der Waals surface area (Å²) in [5, 5.41) is 2.95. The first-order valence-electron chi connectivity index (χ1n) is 8.75. The number of nitrogens with one attached hydrogen (secondary N) is 1. The number of ether oxygens (including phenoxy) is 1. The van der Waals surface area contributed by atoms with Crippen LogP contribution in [0.2, 0.25) is 0 Å². The minimum absolute atomic E-state index is 0.192. The number of carbonyl (C=O) groups excluding carboxylic acids is 1. The number of rotatable bonds is 6. The molecular weight excluding hydrogens is 338 g/mol. The van der Waals surface area contributed by atoms with Gasteiger partial charge in [-0.2, -0.15) is 0 Å². The molecule has 27 heavy (non-hydrogen) atoms. The van der Waals surface area contributed by atoms with E-state index in [1.54, 1.807) is 18.3 Å². The highest BCUT2D eigenvalue weighted by Crippen LogP contribution is 2.22. The van der Waals surface area contributed by atoms with Crippen LogP contribution in [0.3, 0.4) is 0 Å². The fraction of sp³-hybridized carbons (Fsp3) is 0.182. The van der Waals surface area contributed by atoms with Gasteiger partial charge in [0, 0.05) is 43.3 Å². The lowest BCUT2D eigenvalue weighted by Gasteiger charge is -2.15. The summed E-state index contributed by atoms with van der Waals surface area (Å²) in [4.78, 5) is 18.8. The predicted molar refractivity (Wildman–Crippen MR) is 108 cm³/mol. The molecular formula is C22H23N3O2. The molecule has 0 unspecified atom stereocenters. The van der Waals surface area contributed by atoms with Crippen molar-refractivity contribution in [2.45, 2.75) is 13.5 Å². The average Bonchev–Trinajstić information content (AvgIpc) is 2.68. The summed E-state index contributed by atoms with van der Waals surface area (Å²) in [6.45, 7) is 2.38. The Morgan fingerprint density at radius 3 is 2.56 bits per heavy atom. The second kappa shape index (κ2) is 8.36. The van der Waals surface area contributed by atoms with Crippen molar-refractivity contribution in [1.29, 1.82) is 0 Å². The van der Waals surface area contributed by atoms with E-state index in [1.807, 2.05) is 74.4 Å². The Morgan fingerprint density at radius 1 is 1.07 bits per heavy atom. The molecule has 1 N–H and O–H groups in total. The van der Waals surface area contributed by atoms with Crippen molar-refractivity contribution >= 4 is 17.3 Å². The molecule has 138 valence electrons. The van der Waals surface area contributed by atoms with Gasteiger partial charge in [0.1, 0.15) is 6.61 Å². The van der Waals surface area contributed by atoms with Gasteiger partial charge in [-0.1, -0.05) is 30.3 Å². The van der Waals surface area contributed by atoms with E-state index in [9.17, 15) is 4.79 Å². The number of hydrogen-bond acceptors (Lipinski definition) is 4. The molecule has 0 radical (unpaired) electrons. The number of benzene rings is 2. The first-order chi connectivity index (χ1) is 13.0. The molecule has 0 aliphatic rings. The highest BCUT2D eigenvalue weighted by Gasteiger charge is 2.10. The van der Waals surface area contributed by atoms with Gasteiger partial charge in [0.05, 0.1) is 0 Å². The minimum Gasteiger partial charge on any atom is -0.473 e. The summed E-state index contributed by atoms with van der Waals surface area (Å²) in [5.74, 6) is 0.230. The van der Waals surface area contributed by atoms with E-state index in [4.69, 9.17) is 4.74 Å². The summed E-state index contributed by atoms with van der Waals surface area (Å²) in [6, 6.07) is 19.1. The monoisotopic (exact) mass is 361 g/mol. The van der Waals surface area contributed by atoms with E-state index in [0.717, 1.165) is 22.5 Å². The van der Waals surface area contributed by atoms with Crippen LogP contribution in [0.5, 0.6) is 5.88 Å². The maximum Gasteiger partial charge on any atom is 0.255 e. The Kier molecular flexibility index (Phi) is 5.71.